The standard InChI is InChI=1S/C15H13FN2O3/c1-21-13-7-9(2-4-10(13)16)14(19)8-3-5-11-12(6-8)18-15(20)17-11/h2-7,14,19H,1H3,(H2,17,18,20). The average Bonchev–Trinajstić information content (AvgIpc) is 2.86. The van der Waals surface area contributed by atoms with Crippen LogP contribution in [0.5, 0.6) is 5.75 Å². The fourth-order valence-corrected chi connectivity index (χ4v) is 2.26. The lowest BCUT2D eigenvalue weighted by molar-refractivity contribution is 0.219. The van der Waals surface area contributed by atoms with Gasteiger partial charge in [-0.1, -0.05) is 12.1 Å². The van der Waals surface area contributed by atoms with Gasteiger partial charge in [-0.3, -0.25) is 0 Å². The fourth-order valence-electron chi connectivity index (χ4n) is 2.26. The molecule has 1 aromatic heterocycles. The Balaban J connectivity index is 2.02. The van der Waals surface area contributed by atoms with Crippen LogP contribution in [0.25, 0.3) is 11.0 Å². The van der Waals surface area contributed by atoms with Crippen LogP contribution in [-0.2, 0) is 0 Å². The number of rotatable bonds is 3. The highest BCUT2D eigenvalue weighted by Crippen LogP contribution is 2.28. The van der Waals surface area contributed by atoms with E-state index in [4.69, 9.17) is 4.74 Å². The number of aliphatic hydroxyl groups excluding tert-OH is 1. The van der Waals surface area contributed by atoms with Crippen molar-refractivity contribution >= 4 is 11.0 Å². The first-order chi connectivity index (χ1) is 10.1. The largest absolute Gasteiger partial charge is 0.494 e. The van der Waals surface area contributed by atoms with Gasteiger partial charge in [-0.2, -0.15) is 0 Å². The quantitative estimate of drug-likeness (QED) is 0.690. The minimum absolute atomic E-state index is 0.0719. The summed E-state index contributed by atoms with van der Waals surface area (Å²) >= 11 is 0. The van der Waals surface area contributed by atoms with Crippen molar-refractivity contribution in [3.05, 3.63) is 63.8 Å². The number of halogens is 1. The summed E-state index contributed by atoms with van der Waals surface area (Å²) in [6, 6.07) is 9.26. The zero-order valence-corrected chi connectivity index (χ0v) is 11.2. The molecule has 3 rings (SSSR count). The number of aromatic amines is 2. The number of imidazole rings is 1. The predicted octanol–water partition coefficient (Wildman–Crippen LogP) is 2.09. The Morgan fingerprint density at radius 3 is 2.52 bits per heavy atom. The van der Waals surface area contributed by atoms with Crippen LogP contribution in [0.15, 0.2) is 41.2 Å². The molecule has 0 aliphatic carbocycles. The Labute approximate surface area is 119 Å². The van der Waals surface area contributed by atoms with E-state index >= 15 is 0 Å². The summed E-state index contributed by atoms with van der Waals surface area (Å²) in [7, 11) is 1.37. The van der Waals surface area contributed by atoms with Gasteiger partial charge < -0.3 is 19.8 Å². The number of hydrogen-bond donors (Lipinski definition) is 3. The van der Waals surface area contributed by atoms with Crippen molar-refractivity contribution in [2.24, 2.45) is 0 Å². The number of methoxy groups -OCH3 is 1. The van der Waals surface area contributed by atoms with Crippen molar-refractivity contribution in [1.82, 2.24) is 9.97 Å². The van der Waals surface area contributed by atoms with Crippen LogP contribution in [-0.4, -0.2) is 22.2 Å². The maximum absolute atomic E-state index is 13.4. The van der Waals surface area contributed by atoms with Crippen LogP contribution in [0.3, 0.4) is 0 Å². The molecule has 108 valence electrons. The summed E-state index contributed by atoms with van der Waals surface area (Å²) in [5.74, 6) is -0.415. The number of ether oxygens (including phenoxy) is 1. The lowest BCUT2D eigenvalue weighted by Gasteiger charge is -2.13. The van der Waals surface area contributed by atoms with Crippen LogP contribution in [0.4, 0.5) is 4.39 Å². The molecule has 3 aromatic rings. The second-order valence-electron chi connectivity index (χ2n) is 4.68. The topological polar surface area (TPSA) is 78.1 Å². The van der Waals surface area contributed by atoms with Gasteiger partial charge in [0.1, 0.15) is 6.10 Å². The van der Waals surface area contributed by atoms with E-state index in [9.17, 15) is 14.3 Å². The monoisotopic (exact) mass is 288 g/mol. The first kappa shape index (κ1) is 13.4. The third kappa shape index (κ3) is 2.41. The third-order valence-electron chi connectivity index (χ3n) is 3.35. The first-order valence-corrected chi connectivity index (χ1v) is 6.32. The number of fused-ring (bicyclic) bond motifs is 1. The smallest absolute Gasteiger partial charge is 0.323 e. The second-order valence-corrected chi connectivity index (χ2v) is 4.68. The van der Waals surface area contributed by atoms with Crippen LogP contribution in [0.1, 0.15) is 17.2 Å². The maximum Gasteiger partial charge on any atom is 0.323 e. The van der Waals surface area contributed by atoms with E-state index in [0.29, 0.717) is 22.2 Å². The number of H-pyrrole nitrogens is 2. The lowest BCUT2D eigenvalue weighted by atomic mass is 10.0. The van der Waals surface area contributed by atoms with Crippen molar-refractivity contribution in [3.8, 4) is 5.75 Å². The van der Waals surface area contributed by atoms with Crippen LogP contribution in [0.2, 0.25) is 0 Å². The molecule has 21 heavy (non-hydrogen) atoms. The van der Waals surface area contributed by atoms with E-state index < -0.39 is 11.9 Å². The normalized spacial score (nSPS) is 12.5. The highest BCUT2D eigenvalue weighted by atomic mass is 19.1. The third-order valence-corrected chi connectivity index (χ3v) is 3.35. The number of benzene rings is 2. The molecule has 1 atom stereocenters. The summed E-state index contributed by atoms with van der Waals surface area (Å²) in [6.45, 7) is 0. The zero-order chi connectivity index (χ0) is 15.0. The predicted molar refractivity (Wildman–Crippen MR) is 75.9 cm³/mol. The Hall–Kier alpha value is -2.60. The molecule has 2 aromatic carbocycles. The highest BCUT2D eigenvalue weighted by Gasteiger charge is 2.14. The number of nitrogens with one attached hydrogen (secondary N) is 2. The summed E-state index contributed by atoms with van der Waals surface area (Å²) in [6.07, 6.45) is -0.942. The molecular formula is C15H13FN2O3. The number of aromatic nitrogens is 2. The minimum atomic E-state index is -0.942. The van der Waals surface area contributed by atoms with E-state index in [-0.39, 0.29) is 11.4 Å². The number of hydrogen-bond acceptors (Lipinski definition) is 3. The summed E-state index contributed by atoms with van der Waals surface area (Å²) < 4.78 is 18.3. The van der Waals surface area contributed by atoms with Crippen molar-refractivity contribution in [1.29, 1.82) is 0 Å². The summed E-state index contributed by atoms with van der Waals surface area (Å²) in [4.78, 5) is 16.5. The molecule has 5 nitrogen and oxygen atoms in total. The van der Waals surface area contributed by atoms with Gasteiger partial charge in [0.15, 0.2) is 11.6 Å². The molecule has 3 N–H and O–H groups in total. The average molecular weight is 288 g/mol. The van der Waals surface area contributed by atoms with Crippen LogP contribution in [0, 0.1) is 5.82 Å². The van der Waals surface area contributed by atoms with Gasteiger partial charge in [-0.15, -0.1) is 0 Å². The Morgan fingerprint density at radius 1 is 1.10 bits per heavy atom. The molecule has 0 amide bonds. The molecule has 0 aliphatic rings. The van der Waals surface area contributed by atoms with Gasteiger partial charge in [0.05, 0.1) is 18.1 Å². The van der Waals surface area contributed by atoms with E-state index in [1.807, 2.05) is 0 Å². The molecular weight excluding hydrogens is 275 g/mol. The van der Waals surface area contributed by atoms with E-state index in [1.165, 1.54) is 25.3 Å². The van der Waals surface area contributed by atoms with Crippen molar-refractivity contribution in [2.75, 3.05) is 7.11 Å². The van der Waals surface area contributed by atoms with Gasteiger partial charge in [0.25, 0.3) is 0 Å². The molecule has 6 heteroatoms. The first-order valence-electron chi connectivity index (χ1n) is 6.32. The van der Waals surface area contributed by atoms with Gasteiger partial charge in [-0.25, -0.2) is 9.18 Å². The van der Waals surface area contributed by atoms with Crippen molar-refractivity contribution < 1.29 is 14.2 Å². The second kappa shape index (κ2) is 5.06. The van der Waals surface area contributed by atoms with Gasteiger partial charge >= 0.3 is 5.69 Å². The molecule has 1 heterocycles. The van der Waals surface area contributed by atoms with Crippen LogP contribution >= 0.6 is 0 Å². The molecule has 1 unspecified atom stereocenters. The Morgan fingerprint density at radius 2 is 1.76 bits per heavy atom. The van der Waals surface area contributed by atoms with Gasteiger partial charge in [0.2, 0.25) is 0 Å². The minimum Gasteiger partial charge on any atom is -0.494 e. The highest BCUT2D eigenvalue weighted by molar-refractivity contribution is 5.75. The molecule has 0 spiro atoms. The molecule has 0 saturated carbocycles. The Bertz CT molecular complexity index is 853. The van der Waals surface area contributed by atoms with E-state index in [2.05, 4.69) is 9.97 Å². The van der Waals surface area contributed by atoms with E-state index in [0.717, 1.165) is 0 Å². The van der Waals surface area contributed by atoms with Crippen molar-refractivity contribution in [2.45, 2.75) is 6.10 Å². The molecule has 0 saturated heterocycles. The summed E-state index contributed by atoms with van der Waals surface area (Å²) in [5, 5.41) is 10.4. The Kier molecular flexibility index (Phi) is 3.23. The lowest BCUT2D eigenvalue weighted by Crippen LogP contribution is -2.01. The van der Waals surface area contributed by atoms with Gasteiger partial charge in [-0.05, 0) is 35.4 Å². The molecule has 0 fully saturated rings. The molecule has 0 radical (unpaired) electrons. The maximum atomic E-state index is 13.4. The van der Waals surface area contributed by atoms with Gasteiger partial charge in [0, 0.05) is 0 Å². The van der Waals surface area contributed by atoms with E-state index in [1.54, 1.807) is 18.2 Å². The summed E-state index contributed by atoms with van der Waals surface area (Å²) in [5.41, 5.74) is 2.05. The SMILES string of the molecule is COc1cc(C(O)c2ccc3[nH]c(=O)[nH]c3c2)ccc1F. The number of aliphatic hydroxyl groups is 1. The molecule has 0 aliphatic heterocycles. The van der Waals surface area contributed by atoms with Crippen molar-refractivity contribution in [3.63, 3.8) is 0 Å². The zero-order valence-electron chi connectivity index (χ0n) is 11.2. The fraction of sp³-hybridized carbons (Fsp3) is 0.133. The molecule has 0 bridgehead atoms. The van der Waals surface area contributed by atoms with Crippen LogP contribution < -0.4 is 10.4 Å².